The Hall–Kier alpha value is -0.870. The molecule has 0 fully saturated rings. The average molecular weight is 238 g/mol. The van der Waals surface area contributed by atoms with E-state index in [1.807, 2.05) is 11.7 Å². The summed E-state index contributed by atoms with van der Waals surface area (Å²) in [6.45, 7) is 8.54. The van der Waals surface area contributed by atoms with Gasteiger partial charge in [0.2, 0.25) is 0 Å². The maximum Gasteiger partial charge on any atom is 0.0628 e. The third-order valence-electron chi connectivity index (χ3n) is 3.17. The first-order valence-corrected chi connectivity index (χ1v) is 6.29. The average Bonchev–Trinajstić information content (AvgIpc) is 2.43. The molecule has 0 aliphatic carbocycles. The number of aromatic nitrogens is 2. The second-order valence-electron chi connectivity index (χ2n) is 5.14. The Bertz CT molecular complexity index is 355. The van der Waals surface area contributed by atoms with Gasteiger partial charge in [-0.05, 0) is 53.4 Å². The van der Waals surface area contributed by atoms with Crippen LogP contribution in [0.2, 0.25) is 0 Å². The molecular formula is C13H26N4. The summed E-state index contributed by atoms with van der Waals surface area (Å²) in [4.78, 5) is 2.21. The molecule has 4 heteroatoms. The van der Waals surface area contributed by atoms with E-state index >= 15 is 0 Å². The van der Waals surface area contributed by atoms with Crippen LogP contribution in [0, 0.1) is 13.8 Å². The summed E-state index contributed by atoms with van der Waals surface area (Å²) in [5.41, 5.74) is 3.83. The molecule has 4 nitrogen and oxygen atoms in total. The molecule has 0 amide bonds. The van der Waals surface area contributed by atoms with Crippen LogP contribution in [0.3, 0.4) is 0 Å². The van der Waals surface area contributed by atoms with Gasteiger partial charge in [0.15, 0.2) is 0 Å². The van der Waals surface area contributed by atoms with Crippen LogP contribution in [0.1, 0.15) is 23.9 Å². The van der Waals surface area contributed by atoms with Gasteiger partial charge < -0.3 is 10.2 Å². The number of aryl methyl sites for hydroxylation is 2. The van der Waals surface area contributed by atoms with Crippen molar-refractivity contribution in [2.75, 3.05) is 27.2 Å². The van der Waals surface area contributed by atoms with Crippen molar-refractivity contribution in [3.8, 4) is 0 Å². The fourth-order valence-electron chi connectivity index (χ4n) is 2.24. The van der Waals surface area contributed by atoms with Crippen LogP contribution in [-0.4, -0.2) is 47.9 Å². The summed E-state index contributed by atoms with van der Waals surface area (Å²) < 4.78 is 1.97. The van der Waals surface area contributed by atoms with Crippen molar-refractivity contribution in [2.45, 2.75) is 33.2 Å². The van der Waals surface area contributed by atoms with Crippen molar-refractivity contribution in [2.24, 2.45) is 7.05 Å². The van der Waals surface area contributed by atoms with Gasteiger partial charge in [-0.15, -0.1) is 0 Å². The maximum absolute atomic E-state index is 4.44. The highest BCUT2D eigenvalue weighted by Crippen LogP contribution is 2.11. The highest BCUT2D eigenvalue weighted by atomic mass is 15.3. The van der Waals surface area contributed by atoms with E-state index < -0.39 is 0 Å². The van der Waals surface area contributed by atoms with Crippen LogP contribution in [0.25, 0.3) is 0 Å². The molecule has 1 aromatic heterocycles. The van der Waals surface area contributed by atoms with E-state index in [0.29, 0.717) is 6.04 Å². The highest BCUT2D eigenvalue weighted by Gasteiger charge is 2.09. The topological polar surface area (TPSA) is 33.1 Å². The first kappa shape index (κ1) is 14.2. The molecule has 0 bridgehead atoms. The standard InChI is InChI=1S/C13H26N4/c1-10(9-16(4)5)14-8-7-13-11(2)15-17(6)12(13)3/h10,14H,7-9H2,1-6H3. The van der Waals surface area contributed by atoms with Gasteiger partial charge in [0.05, 0.1) is 5.69 Å². The van der Waals surface area contributed by atoms with Crippen LogP contribution in [-0.2, 0) is 13.5 Å². The second kappa shape index (κ2) is 6.17. The molecule has 0 saturated carbocycles. The van der Waals surface area contributed by atoms with Crippen molar-refractivity contribution in [1.29, 1.82) is 0 Å². The Kier molecular flexibility index (Phi) is 5.15. The van der Waals surface area contributed by atoms with Gasteiger partial charge in [-0.25, -0.2) is 0 Å². The summed E-state index contributed by atoms with van der Waals surface area (Å²) in [6.07, 6.45) is 1.06. The fraction of sp³-hybridized carbons (Fsp3) is 0.769. The molecule has 0 radical (unpaired) electrons. The molecule has 0 spiro atoms. The first-order chi connectivity index (χ1) is 7.91. The van der Waals surface area contributed by atoms with E-state index in [0.717, 1.165) is 25.2 Å². The van der Waals surface area contributed by atoms with E-state index in [9.17, 15) is 0 Å². The van der Waals surface area contributed by atoms with Gasteiger partial charge >= 0.3 is 0 Å². The van der Waals surface area contributed by atoms with Gasteiger partial charge in [-0.3, -0.25) is 4.68 Å². The minimum atomic E-state index is 0.530. The lowest BCUT2D eigenvalue weighted by Crippen LogP contribution is -2.36. The Labute approximate surface area is 105 Å². The van der Waals surface area contributed by atoms with E-state index in [1.54, 1.807) is 0 Å². The van der Waals surface area contributed by atoms with Gasteiger partial charge in [0.1, 0.15) is 0 Å². The molecule has 1 rings (SSSR count). The lowest BCUT2D eigenvalue weighted by Gasteiger charge is -2.18. The number of rotatable bonds is 6. The molecule has 0 aliphatic heterocycles. The minimum absolute atomic E-state index is 0.530. The Morgan fingerprint density at radius 2 is 2.00 bits per heavy atom. The Balaban J connectivity index is 2.41. The first-order valence-electron chi connectivity index (χ1n) is 6.29. The van der Waals surface area contributed by atoms with Crippen molar-refractivity contribution in [3.63, 3.8) is 0 Å². The molecule has 0 saturated heterocycles. The molecule has 1 heterocycles. The van der Waals surface area contributed by atoms with E-state index in [2.05, 4.69) is 50.2 Å². The molecule has 17 heavy (non-hydrogen) atoms. The number of hydrogen-bond acceptors (Lipinski definition) is 3. The highest BCUT2D eigenvalue weighted by molar-refractivity contribution is 5.24. The van der Waals surface area contributed by atoms with Crippen LogP contribution >= 0.6 is 0 Å². The molecule has 1 N–H and O–H groups in total. The lowest BCUT2D eigenvalue weighted by molar-refractivity contribution is 0.351. The van der Waals surface area contributed by atoms with Crippen LogP contribution in [0.4, 0.5) is 0 Å². The van der Waals surface area contributed by atoms with Crippen molar-refractivity contribution >= 4 is 0 Å². The van der Waals surface area contributed by atoms with E-state index in [-0.39, 0.29) is 0 Å². The maximum atomic E-state index is 4.44. The van der Waals surface area contributed by atoms with Crippen molar-refractivity contribution in [1.82, 2.24) is 20.0 Å². The SMILES string of the molecule is Cc1nn(C)c(C)c1CCNC(C)CN(C)C. The number of likely N-dealkylation sites (N-methyl/N-ethyl adjacent to an activating group) is 1. The molecule has 0 aromatic carbocycles. The van der Waals surface area contributed by atoms with Crippen molar-refractivity contribution in [3.05, 3.63) is 17.0 Å². The third kappa shape index (κ3) is 4.13. The van der Waals surface area contributed by atoms with Gasteiger partial charge in [-0.2, -0.15) is 5.10 Å². The normalized spacial score (nSPS) is 13.4. The van der Waals surface area contributed by atoms with E-state index in [1.165, 1.54) is 11.3 Å². The minimum Gasteiger partial charge on any atom is -0.313 e. The zero-order valence-corrected chi connectivity index (χ0v) is 12.0. The molecule has 98 valence electrons. The predicted octanol–water partition coefficient (Wildman–Crippen LogP) is 1.12. The third-order valence-corrected chi connectivity index (χ3v) is 3.17. The molecule has 1 unspecified atom stereocenters. The number of hydrogen-bond donors (Lipinski definition) is 1. The van der Waals surface area contributed by atoms with Gasteiger partial charge in [-0.1, -0.05) is 0 Å². The summed E-state index contributed by atoms with van der Waals surface area (Å²) in [5.74, 6) is 0. The van der Waals surface area contributed by atoms with Crippen LogP contribution in [0.5, 0.6) is 0 Å². The monoisotopic (exact) mass is 238 g/mol. The van der Waals surface area contributed by atoms with E-state index in [4.69, 9.17) is 0 Å². The number of nitrogens with zero attached hydrogens (tertiary/aromatic N) is 3. The number of nitrogens with one attached hydrogen (secondary N) is 1. The van der Waals surface area contributed by atoms with Gasteiger partial charge in [0, 0.05) is 25.3 Å². The van der Waals surface area contributed by atoms with Crippen LogP contribution < -0.4 is 5.32 Å². The summed E-state index contributed by atoms with van der Waals surface area (Å²) in [5, 5.41) is 7.98. The van der Waals surface area contributed by atoms with Crippen LogP contribution in [0.15, 0.2) is 0 Å². The summed E-state index contributed by atoms with van der Waals surface area (Å²) >= 11 is 0. The Morgan fingerprint density at radius 3 is 2.47 bits per heavy atom. The molecule has 1 atom stereocenters. The molecule has 1 aromatic rings. The van der Waals surface area contributed by atoms with Crippen molar-refractivity contribution < 1.29 is 0 Å². The second-order valence-corrected chi connectivity index (χ2v) is 5.14. The summed E-state index contributed by atoms with van der Waals surface area (Å²) in [6, 6.07) is 0.530. The fourth-order valence-corrected chi connectivity index (χ4v) is 2.24. The summed E-state index contributed by atoms with van der Waals surface area (Å²) in [7, 11) is 6.22. The molecular weight excluding hydrogens is 212 g/mol. The zero-order valence-electron chi connectivity index (χ0n) is 12.0. The molecule has 0 aliphatic rings. The Morgan fingerprint density at radius 1 is 1.35 bits per heavy atom. The predicted molar refractivity (Wildman–Crippen MR) is 72.4 cm³/mol. The lowest BCUT2D eigenvalue weighted by atomic mass is 10.1. The van der Waals surface area contributed by atoms with Gasteiger partial charge in [0.25, 0.3) is 0 Å². The zero-order chi connectivity index (χ0) is 13.0. The largest absolute Gasteiger partial charge is 0.313 e. The smallest absolute Gasteiger partial charge is 0.0628 e. The quantitative estimate of drug-likeness (QED) is 0.806.